The number of hydrogen-bond donors (Lipinski definition) is 0. The maximum absolute atomic E-state index is 12.1. The third-order valence-corrected chi connectivity index (χ3v) is 5.05. The fraction of sp³-hybridized carbons (Fsp3) is 0.500. The smallest absolute Gasteiger partial charge is 0.262 e. The van der Waals surface area contributed by atoms with Crippen molar-refractivity contribution in [3.05, 3.63) is 21.8 Å². The second kappa shape index (κ2) is 5.03. The number of thiophene rings is 1. The Kier molecular flexibility index (Phi) is 3.41. The van der Waals surface area contributed by atoms with E-state index in [1.807, 2.05) is 11.4 Å². The number of rotatable bonds is 3. The fourth-order valence-corrected chi connectivity index (χ4v) is 3.89. The van der Waals surface area contributed by atoms with Crippen molar-refractivity contribution in [3.8, 4) is 0 Å². The van der Waals surface area contributed by atoms with Gasteiger partial charge in [0.1, 0.15) is 4.83 Å². The zero-order valence-corrected chi connectivity index (χ0v) is 11.7. The van der Waals surface area contributed by atoms with E-state index in [4.69, 9.17) is 4.74 Å². The highest BCUT2D eigenvalue weighted by Crippen LogP contribution is 2.24. The van der Waals surface area contributed by atoms with E-state index < -0.39 is 0 Å². The van der Waals surface area contributed by atoms with Crippen molar-refractivity contribution in [1.82, 2.24) is 9.55 Å². The molecule has 0 saturated carbocycles. The summed E-state index contributed by atoms with van der Waals surface area (Å²) in [5, 5.41) is 3.41. The third-order valence-electron chi connectivity index (χ3n) is 3.09. The van der Waals surface area contributed by atoms with Gasteiger partial charge in [0.15, 0.2) is 5.16 Å². The van der Waals surface area contributed by atoms with Crippen molar-refractivity contribution in [1.29, 1.82) is 0 Å². The van der Waals surface area contributed by atoms with Gasteiger partial charge in [-0.15, -0.1) is 11.3 Å². The molecule has 3 rings (SSSR count). The molecular weight excluding hydrogens is 268 g/mol. The monoisotopic (exact) mass is 282 g/mol. The first-order chi connectivity index (χ1) is 8.75. The van der Waals surface area contributed by atoms with Crippen LogP contribution in [0, 0.1) is 0 Å². The molecule has 0 amide bonds. The second-order valence-electron chi connectivity index (χ2n) is 4.34. The van der Waals surface area contributed by atoms with Crippen LogP contribution >= 0.6 is 23.1 Å². The van der Waals surface area contributed by atoms with E-state index in [2.05, 4.69) is 4.98 Å². The highest BCUT2D eigenvalue weighted by molar-refractivity contribution is 7.99. The zero-order valence-electron chi connectivity index (χ0n) is 10.1. The first kappa shape index (κ1) is 12.2. The molecule has 0 N–H and O–H groups in total. The molecule has 18 heavy (non-hydrogen) atoms. The van der Waals surface area contributed by atoms with E-state index in [-0.39, 0.29) is 5.56 Å². The predicted octanol–water partition coefficient (Wildman–Crippen LogP) is 2.27. The molecule has 1 unspecified atom stereocenters. The van der Waals surface area contributed by atoms with Gasteiger partial charge in [-0.3, -0.25) is 9.36 Å². The van der Waals surface area contributed by atoms with E-state index in [1.165, 1.54) is 11.3 Å². The van der Waals surface area contributed by atoms with Gasteiger partial charge in [-0.05, 0) is 24.3 Å². The van der Waals surface area contributed by atoms with Gasteiger partial charge < -0.3 is 4.74 Å². The van der Waals surface area contributed by atoms with Gasteiger partial charge in [-0.25, -0.2) is 4.98 Å². The summed E-state index contributed by atoms with van der Waals surface area (Å²) in [6.07, 6.45) is 2.56. The maximum Gasteiger partial charge on any atom is 0.262 e. The minimum atomic E-state index is 0.0380. The summed E-state index contributed by atoms with van der Waals surface area (Å²) >= 11 is 3.12. The van der Waals surface area contributed by atoms with Gasteiger partial charge in [0, 0.05) is 19.4 Å². The Balaban J connectivity index is 1.86. The molecule has 1 saturated heterocycles. The van der Waals surface area contributed by atoms with Crippen molar-refractivity contribution >= 4 is 33.3 Å². The summed E-state index contributed by atoms with van der Waals surface area (Å²) in [7, 11) is 1.78. The molecule has 1 aliphatic heterocycles. The maximum atomic E-state index is 12.1. The average Bonchev–Trinajstić information content (AvgIpc) is 3.02. The summed E-state index contributed by atoms with van der Waals surface area (Å²) in [6, 6.07) is 1.84. The standard InChI is InChI=1S/C12H14N2O2S2/c1-14-11(15)9-4-6-17-10(9)13-12(14)18-7-8-3-2-5-16-8/h4,6,8H,2-3,5,7H2,1H3. The van der Waals surface area contributed by atoms with Gasteiger partial charge in [-0.1, -0.05) is 11.8 Å². The molecule has 3 heterocycles. The molecule has 0 radical (unpaired) electrons. The van der Waals surface area contributed by atoms with Gasteiger partial charge >= 0.3 is 0 Å². The first-order valence-electron chi connectivity index (χ1n) is 5.94. The molecule has 0 spiro atoms. The minimum Gasteiger partial charge on any atom is -0.377 e. The lowest BCUT2D eigenvalue weighted by Crippen LogP contribution is -2.20. The van der Waals surface area contributed by atoms with Crippen molar-refractivity contribution in [2.75, 3.05) is 12.4 Å². The van der Waals surface area contributed by atoms with Gasteiger partial charge in [-0.2, -0.15) is 0 Å². The lowest BCUT2D eigenvalue weighted by atomic mass is 10.3. The number of fused-ring (bicyclic) bond motifs is 1. The highest BCUT2D eigenvalue weighted by atomic mass is 32.2. The van der Waals surface area contributed by atoms with Crippen LogP contribution in [0.25, 0.3) is 10.2 Å². The molecule has 1 atom stereocenters. The quantitative estimate of drug-likeness (QED) is 0.640. The lowest BCUT2D eigenvalue weighted by Gasteiger charge is -2.10. The third kappa shape index (κ3) is 2.20. The van der Waals surface area contributed by atoms with Crippen LogP contribution in [-0.2, 0) is 11.8 Å². The van der Waals surface area contributed by atoms with E-state index in [0.29, 0.717) is 11.5 Å². The Morgan fingerprint density at radius 2 is 2.56 bits per heavy atom. The first-order valence-corrected chi connectivity index (χ1v) is 7.81. The van der Waals surface area contributed by atoms with Gasteiger partial charge in [0.2, 0.25) is 0 Å². The van der Waals surface area contributed by atoms with E-state index in [1.54, 1.807) is 23.4 Å². The van der Waals surface area contributed by atoms with Crippen molar-refractivity contribution in [2.24, 2.45) is 7.05 Å². The van der Waals surface area contributed by atoms with E-state index in [9.17, 15) is 4.79 Å². The molecule has 2 aromatic heterocycles. The van der Waals surface area contributed by atoms with E-state index >= 15 is 0 Å². The molecule has 0 aromatic carbocycles. The fourth-order valence-electron chi connectivity index (χ4n) is 2.05. The van der Waals surface area contributed by atoms with Crippen LogP contribution < -0.4 is 5.56 Å². The van der Waals surface area contributed by atoms with Crippen molar-refractivity contribution < 1.29 is 4.74 Å². The highest BCUT2D eigenvalue weighted by Gasteiger charge is 2.17. The number of thioether (sulfide) groups is 1. The lowest BCUT2D eigenvalue weighted by molar-refractivity contribution is 0.129. The Morgan fingerprint density at radius 1 is 1.67 bits per heavy atom. The molecule has 0 aliphatic carbocycles. The second-order valence-corrected chi connectivity index (χ2v) is 6.23. The predicted molar refractivity (Wildman–Crippen MR) is 74.6 cm³/mol. The Bertz CT molecular complexity index is 614. The molecule has 6 heteroatoms. The van der Waals surface area contributed by atoms with Crippen LogP contribution in [0.5, 0.6) is 0 Å². The summed E-state index contributed by atoms with van der Waals surface area (Å²) in [5.74, 6) is 0.872. The summed E-state index contributed by atoms with van der Waals surface area (Å²) < 4.78 is 7.22. The summed E-state index contributed by atoms with van der Waals surface area (Å²) in [5.41, 5.74) is 0.0380. The Hall–Kier alpha value is -0.850. The SMILES string of the molecule is Cn1c(SCC2CCCO2)nc2sccc2c1=O. The summed E-state index contributed by atoms with van der Waals surface area (Å²) in [6.45, 7) is 0.863. The van der Waals surface area contributed by atoms with Crippen LogP contribution in [0.3, 0.4) is 0 Å². The molecular formula is C12H14N2O2S2. The van der Waals surface area contributed by atoms with E-state index in [0.717, 1.165) is 35.2 Å². The van der Waals surface area contributed by atoms with Gasteiger partial charge in [0.25, 0.3) is 5.56 Å². The van der Waals surface area contributed by atoms with Crippen LogP contribution in [0.1, 0.15) is 12.8 Å². The van der Waals surface area contributed by atoms with Crippen molar-refractivity contribution in [2.45, 2.75) is 24.1 Å². The Morgan fingerprint density at radius 3 is 3.33 bits per heavy atom. The van der Waals surface area contributed by atoms with Crippen LogP contribution in [-0.4, -0.2) is 28.0 Å². The zero-order chi connectivity index (χ0) is 12.5. The largest absolute Gasteiger partial charge is 0.377 e. The number of hydrogen-bond acceptors (Lipinski definition) is 5. The number of nitrogens with zero attached hydrogens (tertiary/aromatic N) is 2. The van der Waals surface area contributed by atoms with Crippen LogP contribution in [0.2, 0.25) is 0 Å². The normalized spacial score (nSPS) is 19.7. The molecule has 4 nitrogen and oxygen atoms in total. The topological polar surface area (TPSA) is 44.1 Å². The number of aromatic nitrogens is 2. The molecule has 0 bridgehead atoms. The van der Waals surface area contributed by atoms with Crippen molar-refractivity contribution in [3.63, 3.8) is 0 Å². The van der Waals surface area contributed by atoms with Crippen LogP contribution in [0.15, 0.2) is 21.4 Å². The average molecular weight is 282 g/mol. The Labute approximate surface area is 113 Å². The molecule has 2 aromatic rings. The summed E-state index contributed by atoms with van der Waals surface area (Å²) in [4.78, 5) is 17.5. The van der Waals surface area contributed by atoms with Gasteiger partial charge in [0.05, 0.1) is 11.5 Å². The van der Waals surface area contributed by atoms with Crippen LogP contribution in [0.4, 0.5) is 0 Å². The number of ether oxygens (including phenoxy) is 1. The molecule has 1 fully saturated rings. The molecule has 96 valence electrons. The molecule has 1 aliphatic rings. The minimum absolute atomic E-state index is 0.0380.